The molecule has 0 spiro atoms. The fraction of sp³-hybridized carbons (Fsp3) is 0.550. The molecule has 142 valence electrons. The lowest BCUT2D eigenvalue weighted by molar-refractivity contribution is -0.139. The average molecular weight is 359 g/mol. The minimum Gasteiger partial charge on any atom is -0.368 e. The molecule has 2 unspecified atom stereocenters. The highest BCUT2D eigenvalue weighted by atomic mass is 16.2. The molecule has 0 aromatic rings. The second kappa shape index (κ2) is 9.48. The summed E-state index contributed by atoms with van der Waals surface area (Å²) >= 11 is 0. The largest absolute Gasteiger partial charge is 0.368 e. The Morgan fingerprint density at radius 3 is 2.08 bits per heavy atom. The van der Waals surface area contributed by atoms with Crippen LogP contribution in [0.1, 0.15) is 51.9 Å². The van der Waals surface area contributed by atoms with Crippen LogP contribution in [0.5, 0.6) is 0 Å². The summed E-state index contributed by atoms with van der Waals surface area (Å²) in [6, 6.07) is -0.858. The van der Waals surface area contributed by atoms with E-state index in [0.29, 0.717) is 24.1 Å². The van der Waals surface area contributed by atoms with Crippen LogP contribution in [0, 0.1) is 0 Å². The molecule has 1 saturated carbocycles. The van der Waals surface area contributed by atoms with Gasteiger partial charge in [0.05, 0.1) is 23.2 Å². The second-order valence-corrected chi connectivity index (χ2v) is 6.89. The Hall–Kier alpha value is -2.21. The molecule has 3 amide bonds. The topological polar surface area (TPSA) is 92.5 Å². The maximum atomic E-state index is 12.3. The second-order valence-electron chi connectivity index (χ2n) is 6.89. The molecular formula is C20H29N3O3. The lowest BCUT2D eigenvalue weighted by Gasteiger charge is -2.21. The van der Waals surface area contributed by atoms with Crippen LogP contribution in [0.3, 0.4) is 0 Å². The van der Waals surface area contributed by atoms with Crippen molar-refractivity contribution < 1.29 is 14.4 Å². The normalized spacial score (nSPS) is 26.3. The molecule has 2 heterocycles. The minimum absolute atomic E-state index is 0.302. The number of imide groups is 1. The molecule has 6 nitrogen and oxygen atoms in total. The monoisotopic (exact) mass is 359 g/mol. The van der Waals surface area contributed by atoms with Crippen molar-refractivity contribution in [2.24, 2.45) is 5.73 Å². The zero-order chi connectivity index (χ0) is 19.1. The van der Waals surface area contributed by atoms with Gasteiger partial charge in [-0.15, -0.1) is 0 Å². The number of nitrogens with zero attached hydrogens (tertiary/aromatic N) is 1. The Morgan fingerprint density at radius 1 is 1.12 bits per heavy atom. The number of nitrogens with one attached hydrogen (secondary N) is 1. The van der Waals surface area contributed by atoms with Gasteiger partial charge in [-0.2, -0.15) is 0 Å². The zero-order valence-corrected chi connectivity index (χ0v) is 15.5. The molecule has 0 radical (unpaired) electrons. The number of primary amides is 1. The predicted octanol–water partition coefficient (Wildman–Crippen LogP) is 1.97. The van der Waals surface area contributed by atoms with Crippen molar-refractivity contribution in [1.29, 1.82) is 0 Å². The Balaban J connectivity index is 0.000000342. The first kappa shape index (κ1) is 20.1. The molecular weight excluding hydrogens is 330 g/mol. The number of carbonyl (C=O) groups excluding carboxylic acids is 3. The van der Waals surface area contributed by atoms with Gasteiger partial charge >= 0.3 is 0 Å². The Kier molecular flexibility index (Phi) is 7.33. The van der Waals surface area contributed by atoms with Crippen LogP contribution >= 0.6 is 0 Å². The van der Waals surface area contributed by atoms with Crippen LogP contribution in [0.4, 0.5) is 0 Å². The molecule has 0 bridgehead atoms. The lowest BCUT2D eigenvalue weighted by Crippen LogP contribution is -2.42. The van der Waals surface area contributed by atoms with E-state index in [1.165, 1.54) is 49.5 Å². The van der Waals surface area contributed by atoms with Crippen molar-refractivity contribution in [3.05, 3.63) is 36.0 Å². The van der Waals surface area contributed by atoms with Crippen molar-refractivity contribution in [2.75, 3.05) is 6.54 Å². The van der Waals surface area contributed by atoms with E-state index in [-0.39, 0.29) is 17.9 Å². The summed E-state index contributed by atoms with van der Waals surface area (Å²) in [4.78, 5) is 37.0. The lowest BCUT2D eigenvalue weighted by atomic mass is 10.0. The third-order valence-corrected chi connectivity index (χ3v) is 5.04. The van der Waals surface area contributed by atoms with E-state index in [4.69, 9.17) is 5.73 Å². The van der Waals surface area contributed by atoms with Gasteiger partial charge in [0.1, 0.15) is 0 Å². The maximum absolute atomic E-state index is 12.3. The van der Waals surface area contributed by atoms with Gasteiger partial charge < -0.3 is 11.1 Å². The van der Waals surface area contributed by atoms with Gasteiger partial charge in [-0.05, 0) is 13.3 Å². The quantitative estimate of drug-likeness (QED) is 0.751. The van der Waals surface area contributed by atoms with Gasteiger partial charge in [0.15, 0.2) is 0 Å². The van der Waals surface area contributed by atoms with E-state index < -0.39 is 11.9 Å². The molecule has 1 saturated heterocycles. The fourth-order valence-electron chi connectivity index (χ4n) is 3.63. The van der Waals surface area contributed by atoms with Gasteiger partial charge in [-0.25, -0.2) is 0 Å². The van der Waals surface area contributed by atoms with E-state index in [9.17, 15) is 14.4 Å². The smallest absolute Gasteiger partial charge is 0.261 e. The molecule has 1 aliphatic carbocycles. The van der Waals surface area contributed by atoms with Crippen molar-refractivity contribution in [3.63, 3.8) is 0 Å². The van der Waals surface area contributed by atoms with Crippen LogP contribution in [0.2, 0.25) is 0 Å². The molecule has 0 aromatic heterocycles. The molecule has 2 atom stereocenters. The molecule has 2 aliphatic heterocycles. The van der Waals surface area contributed by atoms with Crippen molar-refractivity contribution in [1.82, 2.24) is 10.2 Å². The zero-order valence-electron chi connectivity index (χ0n) is 15.5. The number of hydrogen-bond donors (Lipinski definition) is 2. The number of hydrogen-bond acceptors (Lipinski definition) is 4. The van der Waals surface area contributed by atoms with Crippen molar-refractivity contribution in [3.8, 4) is 0 Å². The van der Waals surface area contributed by atoms with Crippen LogP contribution in [0.25, 0.3) is 0 Å². The molecule has 2 fully saturated rings. The first-order valence-electron chi connectivity index (χ1n) is 9.41. The molecule has 3 rings (SSSR count). The molecule has 3 aliphatic rings. The first-order chi connectivity index (χ1) is 12.5. The van der Waals surface area contributed by atoms with Gasteiger partial charge in [0, 0.05) is 6.54 Å². The van der Waals surface area contributed by atoms with Crippen molar-refractivity contribution >= 4 is 17.7 Å². The third kappa shape index (κ3) is 4.49. The molecule has 26 heavy (non-hydrogen) atoms. The summed E-state index contributed by atoms with van der Waals surface area (Å²) in [6.07, 6.45) is 14.0. The number of rotatable bonds is 4. The first-order valence-corrected chi connectivity index (χ1v) is 9.41. The number of allylic oxidation sites excluding steroid dienone is 1. The summed E-state index contributed by atoms with van der Waals surface area (Å²) < 4.78 is 0. The summed E-state index contributed by atoms with van der Waals surface area (Å²) in [5.41, 5.74) is 5.87. The van der Waals surface area contributed by atoms with Gasteiger partial charge in [0.2, 0.25) is 5.91 Å². The summed E-state index contributed by atoms with van der Waals surface area (Å²) in [7, 11) is 0. The summed E-state index contributed by atoms with van der Waals surface area (Å²) in [5.74, 6) is -1.19. The number of carbonyl (C=O) groups is 3. The summed E-state index contributed by atoms with van der Waals surface area (Å²) in [5, 5.41) is 2.92. The van der Waals surface area contributed by atoms with Crippen LogP contribution in [-0.2, 0) is 14.4 Å². The average Bonchev–Trinajstić information content (AvgIpc) is 3.21. The highest BCUT2D eigenvalue weighted by molar-refractivity contribution is 6.22. The highest BCUT2D eigenvalue weighted by Gasteiger charge is 2.43. The van der Waals surface area contributed by atoms with E-state index >= 15 is 0 Å². The predicted molar refractivity (Wildman–Crippen MR) is 101 cm³/mol. The fourth-order valence-corrected chi connectivity index (χ4v) is 3.63. The molecule has 0 aromatic carbocycles. The van der Waals surface area contributed by atoms with Gasteiger partial charge in [-0.1, -0.05) is 63.3 Å². The Bertz CT molecular complexity index is 621. The highest BCUT2D eigenvalue weighted by Crippen LogP contribution is 2.27. The van der Waals surface area contributed by atoms with E-state index in [2.05, 4.69) is 11.9 Å². The van der Waals surface area contributed by atoms with E-state index in [0.717, 1.165) is 0 Å². The van der Waals surface area contributed by atoms with Crippen LogP contribution < -0.4 is 11.1 Å². The molecule has 3 N–H and O–H groups in total. The van der Waals surface area contributed by atoms with Crippen LogP contribution in [0.15, 0.2) is 36.0 Å². The van der Waals surface area contributed by atoms with E-state index in [1.54, 1.807) is 19.1 Å². The summed E-state index contributed by atoms with van der Waals surface area (Å²) in [6.45, 7) is 5.73. The van der Waals surface area contributed by atoms with Crippen LogP contribution in [-0.4, -0.2) is 41.2 Å². The third-order valence-electron chi connectivity index (χ3n) is 5.04. The van der Waals surface area contributed by atoms with Gasteiger partial charge in [-0.3, -0.25) is 19.3 Å². The molecule has 6 heteroatoms. The van der Waals surface area contributed by atoms with Gasteiger partial charge in [0.25, 0.3) is 11.8 Å². The number of nitrogens with two attached hydrogens (primary N) is 1. The minimum atomic E-state index is -0.501. The Labute approximate surface area is 155 Å². The van der Waals surface area contributed by atoms with E-state index in [1.807, 2.05) is 0 Å². The Morgan fingerprint density at radius 2 is 1.65 bits per heavy atom. The van der Waals surface area contributed by atoms with Crippen molar-refractivity contribution in [2.45, 2.75) is 64.0 Å². The standard InChI is InChI=1S/C14H17N3O3.C6H12/c1-3-5-10-9(4-2)13(19)17(14(10)20)8-6-11(12(15)18)16-7-8;1-2-4-6-5-3-1/h3-5,8,11,16H,2,6-7H2,1H3,(H2,15,18);1-6H2/b5-3-;. The number of amides is 3. The maximum Gasteiger partial charge on any atom is 0.261 e. The SMILES string of the molecule is C1CCCCC1.C=CC1=C(/C=C\C)C(=O)N(C2CNC(C(N)=O)C2)C1=O.